The van der Waals surface area contributed by atoms with Crippen LogP contribution in [0.4, 0.5) is 0 Å². The molecule has 0 radical (unpaired) electrons. The third-order valence-electron chi connectivity index (χ3n) is 4.10. The summed E-state index contributed by atoms with van der Waals surface area (Å²) >= 11 is 1.59. The first kappa shape index (κ1) is 19.2. The molecule has 0 saturated heterocycles. The molecule has 3 aromatic rings. The summed E-state index contributed by atoms with van der Waals surface area (Å²) in [5.41, 5.74) is 1.42. The molecular formula is C19H21NO3S3. The van der Waals surface area contributed by atoms with Crippen LogP contribution in [-0.2, 0) is 20.8 Å². The van der Waals surface area contributed by atoms with Gasteiger partial charge >= 0.3 is 0 Å². The van der Waals surface area contributed by atoms with Crippen molar-refractivity contribution in [3.63, 3.8) is 0 Å². The predicted molar refractivity (Wildman–Crippen MR) is 111 cm³/mol. The number of hydrogen-bond donors (Lipinski definition) is 0. The van der Waals surface area contributed by atoms with Gasteiger partial charge in [0.05, 0.1) is 10.4 Å². The summed E-state index contributed by atoms with van der Waals surface area (Å²) in [6, 6.07) is 15.8. The lowest BCUT2D eigenvalue weighted by molar-refractivity contribution is 0.589. The fourth-order valence-corrected chi connectivity index (χ4v) is 7.14. The van der Waals surface area contributed by atoms with Gasteiger partial charge in [0.1, 0.15) is 4.58 Å². The Hall–Kier alpha value is -1.57. The monoisotopic (exact) mass is 407 g/mol. The van der Waals surface area contributed by atoms with Gasteiger partial charge in [-0.25, -0.2) is 12.4 Å². The Bertz CT molecular complexity index is 1030. The molecule has 0 aliphatic carbocycles. The lowest BCUT2D eigenvalue weighted by Crippen LogP contribution is -2.12. The molecule has 0 aliphatic rings. The fourth-order valence-electron chi connectivity index (χ4n) is 2.88. The summed E-state index contributed by atoms with van der Waals surface area (Å²) in [5, 5.41) is 0.833. The maximum Gasteiger partial charge on any atom is 0.268 e. The summed E-state index contributed by atoms with van der Waals surface area (Å²) in [7, 11) is -4.79. The van der Waals surface area contributed by atoms with Crippen molar-refractivity contribution in [2.45, 2.75) is 23.3 Å². The van der Waals surface area contributed by atoms with Crippen molar-refractivity contribution in [2.75, 3.05) is 11.5 Å². The van der Waals surface area contributed by atoms with Gasteiger partial charge in [-0.3, -0.25) is 4.21 Å². The molecule has 1 aromatic heterocycles. The number of rotatable bonds is 7. The van der Waals surface area contributed by atoms with Crippen molar-refractivity contribution in [2.24, 2.45) is 0 Å². The van der Waals surface area contributed by atoms with E-state index in [-0.39, 0.29) is 9.48 Å². The van der Waals surface area contributed by atoms with E-state index in [1.807, 2.05) is 32.0 Å². The summed E-state index contributed by atoms with van der Waals surface area (Å²) in [5.74, 6) is 1.34. The van der Waals surface area contributed by atoms with Crippen LogP contribution < -0.4 is 0 Å². The zero-order valence-corrected chi connectivity index (χ0v) is 17.1. The van der Waals surface area contributed by atoms with E-state index < -0.39 is 20.8 Å². The van der Waals surface area contributed by atoms with Gasteiger partial charge in [0, 0.05) is 33.7 Å². The molecule has 0 spiro atoms. The second-order valence-corrected chi connectivity index (χ2v) is 11.0. The summed E-state index contributed by atoms with van der Waals surface area (Å²) < 4.78 is 40.0. The Morgan fingerprint density at radius 2 is 1.69 bits per heavy atom. The highest BCUT2D eigenvalue weighted by atomic mass is 32.2. The van der Waals surface area contributed by atoms with Crippen molar-refractivity contribution >= 4 is 43.5 Å². The highest BCUT2D eigenvalue weighted by molar-refractivity contribution is 8.10. The molecule has 0 N–H and O–H groups in total. The fraction of sp³-hybridized carbons (Fsp3) is 0.263. The number of nitrogens with zero attached hydrogens (tertiary/aromatic N) is 1. The molecule has 0 amide bonds. The summed E-state index contributed by atoms with van der Waals surface area (Å²) in [6.45, 7) is 3.91. The van der Waals surface area contributed by atoms with Gasteiger partial charge in [-0.15, -0.1) is 11.8 Å². The second-order valence-electron chi connectivity index (χ2n) is 5.67. The van der Waals surface area contributed by atoms with E-state index in [1.54, 1.807) is 54.4 Å². The Labute approximate surface area is 161 Å². The smallest absolute Gasteiger partial charge is 0.258 e. The number of hydrogen-bond acceptors (Lipinski definition) is 4. The largest absolute Gasteiger partial charge is 0.268 e. The first-order valence-corrected chi connectivity index (χ1v) is 12.3. The Kier molecular flexibility index (Phi) is 5.89. The van der Waals surface area contributed by atoms with E-state index in [2.05, 4.69) is 0 Å². The topological polar surface area (TPSA) is 56.1 Å². The summed E-state index contributed by atoms with van der Waals surface area (Å²) in [4.78, 5) is 0.239. The minimum absolute atomic E-state index is 0.239. The average Bonchev–Trinajstić information content (AvgIpc) is 3.06. The van der Waals surface area contributed by atoms with Gasteiger partial charge in [0.25, 0.3) is 10.0 Å². The third kappa shape index (κ3) is 3.48. The van der Waals surface area contributed by atoms with Gasteiger partial charge in [-0.05, 0) is 24.0 Å². The van der Waals surface area contributed by atoms with Crippen molar-refractivity contribution in [3.8, 4) is 0 Å². The summed E-state index contributed by atoms with van der Waals surface area (Å²) in [6.07, 6.45) is 1.65. The van der Waals surface area contributed by atoms with E-state index in [9.17, 15) is 12.6 Å². The number of fused-ring (bicyclic) bond motifs is 1. The molecule has 4 nitrogen and oxygen atoms in total. The number of thioether (sulfide) groups is 1. The van der Waals surface area contributed by atoms with E-state index >= 15 is 0 Å². The van der Waals surface area contributed by atoms with Gasteiger partial charge < -0.3 is 0 Å². The lowest BCUT2D eigenvalue weighted by atomic mass is 10.2. The molecule has 0 saturated carbocycles. The molecule has 138 valence electrons. The molecule has 1 heterocycles. The SMILES string of the molecule is CCSC(c1cn(S(=O)(=O)c2ccccc2)c2ccccc12)S(=O)CC. The van der Waals surface area contributed by atoms with Crippen LogP contribution in [0.5, 0.6) is 0 Å². The number of para-hydroxylation sites is 1. The van der Waals surface area contributed by atoms with Crippen LogP contribution in [0.1, 0.15) is 24.0 Å². The van der Waals surface area contributed by atoms with Crippen molar-refractivity contribution in [3.05, 3.63) is 66.4 Å². The molecule has 2 unspecified atom stereocenters. The van der Waals surface area contributed by atoms with Gasteiger partial charge in [-0.1, -0.05) is 50.2 Å². The second kappa shape index (κ2) is 7.98. The van der Waals surface area contributed by atoms with E-state index in [0.717, 1.165) is 16.7 Å². The molecule has 0 aliphatic heterocycles. The van der Waals surface area contributed by atoms with E-state index in [4.69, 9.17) is 0 Å². The highest BCUT2D eigenvalue weighted by Crippen LogP contribution is 2.38. The Balaban J connectivity index is 2.25. The van der Waals surface area contributed by atoms with Crippen LogP contribution in [0.2, 0.25) is 0 Å². The molecule has 2 aromatic carbocycles. The number of benzene rings is 2. The zero-order chi connectivity index (χ0) is 18.7. The molecule has 0 bridgehead atoms. The minimum Gasteiger partial charge on any atom is -0.258 e. The van der Waals surface area contributed by atoms with Crippen LogP contribution in [0.3, 0.4) is 0 Å². The van der Waals surface area contributed by atoms with E-state index in [1.165, 1.54) is 3.97 Å². The van der Waals surface area contributed by atoms with Crippen LogP contribution in [-0.4, -0.2) is 28.1 Å². The highest BCUT2D eigenvalue weighted by Gasteiger charge is 2.26. The molecule has 0 fully saturated rings. The average molecular weight is 408 g/mol. The van der Waals surface area contributed by atoms with Gasteiger partial charge in [-0.2, -0.15) is 0 Å². The van der Waals surface area contributed by atoms with Gasteiger partial charge in [0.2, 0.25) is 0 Å². The zero-order valence-electron chi connectivity index (χ0n) is 14.7. The predicted octanol–water partition coefficient (Wildman–Crippen LogP) is 4.40. The van der Waals surface area contributed by atoms with Crippen molar-refractivity contribution in [1.29, 1.82) is 0 Å². The standard InChI is InChI=1S/C19H21NO3S3/c1-3-24-19(25(21)4-2)17-14-20(18-13-9-8-12-16(17)18)26(22,23)15-10-6-5-7-11-15/h5-14,19H,3-4H2,1-2H3. The first-order chi connectivity index (χ1) is 12.5. The molecule has 2 atom stereocenters. The number of aromatic nitrogens is 1. The lowest BCUT2D eigenvalue weighted by Gasteiger charge is -2.13. The third-order valence-corrected chi connectivity index (χ3v) is 9.03. The van der Waals surface area contributed by atoms with E-state index in [0.29, 0.717) is 11.3 Å². The Morgan fingerprint density at radius 1 is 1.04 bits per heavy atom. The normalized spacial score (nSPS) is 14.4. The maximum absolute atomic E-state index is 13.2. The van der Waals surface area contributed by atoms with Crippen LogP contribution >= 0.6 is 11.8 Å². The molecule has 3 rings (SSSR count). The van der Waals surface area contributed by atoms with Crippen molar-refractivity contribution in [1.82, 2.24) is 3.97 Å². The van der Waals surface area contributed by atoms with Crippen LogP contribution in [0, 0.1) is 0 Å². The molecule has 7 heteroatoms. The van der Waals surface area contributed by atoms with Gasteiger partial charge in [0.15, 0.2) is 0 Å². The van der Waals surface area contributed by atoms with Crippen molar-refractivity contribution < 1.29 is 12.6 Å². The van der Waals surface area contributed by atoms with Crippen LogP contribution in [0.15, 0.2) is 65.7 Å². The molecule has 26 heavy (non-hydrogen) atoms. The maximum atomic E-state index is 13.2. The first-order valence-electron chi connectivity index (χ1n) is 8.40. The quantitative estimate of drug-likeness (QED) is 0.582. The minimum atomic E-state index is -3.72. The molecular weight excluding hydrogens is 386 g/mol. The van der Waals surface area contributed by atoms with Crippen LogP contribution in [0.25, 0.3) is 10.9 Å². The Morgan fingerprint density at radius 3 is 2.35 bits per heavy atom.